The average molecular weight is 407 g/mol. The van der Waals surface area contributed by atoms with E-state index in [2.05, 4.69) is 21.2 Å². The molecule has 2 aromatic rings. The van der Waals surface area contributed by atoms with Crippen molar-refractivity contribution in [1.29, 1.82) is 0 Å². The van der Waals surface area contributed by atoms with E-state index in [9.17, 15) is 19.7 Å². The number of aryl methyl sites for hydroxylation is 2. The van der Waals surface area contributed by atoms with Crippen molar-refractivity contribution in [2.45, 2.75) is 13.8 Å². The van der Waals surface area contributed by atoms with Crippen molar-refractivity contribution >= 4 is 39.2 Å². The SMILES string of the molecule is Cc1cc(Br)ccc1NC(=O)COC(=O)c1ccc(C)c([N+](=O)[O-])c1. The van der Waals surface area contributed by atoms with Gasteiger partial charge in [-0.2, -0.15) is 0 Å². The molecule has 0 saturated carbocycles. The van der Waals surface area contributed by atoms with Crippen molar-refractivity contribution in [3.8, 4) is 0 Å². The Kier molecular flexibility index (Phi) is 5.87. The smallest absolute Gasteiger partial charge is 0.338 e. The lowest BCUT2D eigenvalue weighted by Gasteiger charge is -2.09. The summed E-state index contributed by atoms with van der Waals surface area (Å²) in [6, 6.07) is 9.35. The lowest BCUT2D eigenvalue weighted by atomic mass is 10.1. The number of amides is 1. The Morgan fingerprint density at radius 2 is 1.88 bits per heavy atom. The molecule has 2 aromatic carbocycles. The Labute approximate surface area is 152 Å². The van der Waals surface area contributed by atoms with Crippen LogP contribution in [0, 0.1) is 24.0 Å². The fraction of sp³-hybridized carbons (Fsp3) is 0.176. The molecule has 7 nitrogen and oxygen atoms in total. The van der Waals surface area contributed by atoms with E-state index in [-0.39, 0.29) is 11.3 Å². The van der Waals surface area contributed by atoms with Gasteiger partial charge >= 0.3 is 5.97 Å². The standard InChI is InChI=1S/C17H15BrN2O5/c1-10-3-4-12(8-15(10)20(23)24)17(22)25-9-16(21)19-14-6-5-13(18)7-11(14)2/h3-8H,9H2,1-2H3,(H,19,21). The lowest BCUT2D eigenvalue weighted by molar-refractivity contribution is -0.385. The van der Waals surface area contributed by atoms with Gasteiger partial charge in [-0.25, -0.2) is 4.79 Å². The Bertz CT molecular complexity index is 851. The van der Waals surface area contributed by atoms with Gasteiger partial charge in [-0.15, -0.1) is 0 Å². The normalized spacial score (nSPS) is 10.2. The molecule has 0 aromatic heterocycles. The van der Waals surface area contributed by atoms with E-state index in [1.807, 2.05) is 13.0 Å². The van der Waals surface area contributed by atoms with Crippen LogP contribution < -0.4 is 5.32 Å². The summed E-state index contributed by atoms with van der Waals surface area (Å²) in [6.07, 6.45) is 0. The molecule has 1 amide bonds. The molecule has 0 radical (unpaired) electrons. The molecule has 0 spiro atoms. The third kappa shape index (κ3) is 4.87. The number of esters is 1. The Balaban J connectivity index is 1.98. The highest BCUT2D eigenvalue weighted by atomic mass is 79.9. The highest BCUT2D eigenvalue weighted by molar-refractivity contribution is 9.10. The van der Waals surface area contributed by atoms with E-state index in [0.717, 1.165) is 16.1 Å². The molecule has 0 bridgehead atoms. The van der Waals surface area contributed by atoms with Gasteiger partial charge in [0, 0.05) is 21.8 Å². The van der Waals surface area contributed by atoms with Gasteiger partial charge in [-0.1, -0.05) is 22.0 Å². The summed E-state index contributed by atoms with van der Waals surface area (Å²) < 4.78 is 5.80. The molecule has 130 valence electrons. The molecule has 0 atom stereocenters. The van der Waals surface area contributed by atoms with Gasteiger partial charge in [0.2, 0.25) is 0 Å². The number of halogens is 1. The van der Waals surface area contributed by atoms with E-state index >= 15 is 0 Å². The van der Waals surface area contributed by atoms with Crippen molar-refractivity contribution in [2.24, 2.45) is 0 Å². The van der Waals surface area contributed by atoms with Gasteiger partial charge in [0.05, 0.1) is 10.5 Å². The molecular formula is C17H15BrN2O5. The highest BCUT2D eigenvalue weighted by Crippen LogP contribution is 2.21. The number of nitro groups is 1. The van der Waals surface area contributed by atoms with Crippen LogP contribution in [0.2, 0.25) is 0 Å². The minimum atomic E-state index is -0.800. The zero-order valence-electron chi connectivity index (χ0n) is 13.5. The molecule has 0 aliphatic heterocycles. The van der Waals surface area contributed by atoms with Crippen LogP contribution in [0.3, 0.4) is 0 Å². The van der Waals surface area contributed by atoms with Gasteiger partial charge in [-0.05, 0) is 43.7 Å². The van der Waals surface area contributed by atoms with Crippen molar-refractivity contribution < 1.29 is 19.2 Å². The van der Waals surface area contributed by atoms with Gasteiger partial charge in [0.1, 0.15) is 0 Å². The molecule has 1 N–H and O–H groups in total. The van der Waals surface area contributed by atoms with Gasteiger partial charge in [0.15, 0.2) is 6.61 Å². The second-order valence-electron chi connectivity index (χ2n) is 5.34. The first-order chi connectivity index (χ1) is 11.8. The minimum Gasteiger partial charge on any atom is -0.452 e. The lowest BCUT2D eigenvalue weighted by Crippen LogP contribution is -2.21. The second-order valence-corrected chi connectivity index (χ2v) is 6.26. The predicted octanol–water partition coefficient (Wildman–Crippen LogP) is 3.77. The molecule has 0 fully saturated rings. The molecule has 25 heavy (non-hydrogen) atoms. The van der Waals surface area contributed by atoms with Crippen LogP contribution in [0.5, 0.6) is 0 Å². The number of anilines is 1. The van der Waals surface area contributed by atoms with Crippen LogP contribution in [-0.2, 0) is 9.53 Å². The van der Waals surface area contributed by atoms with Crippen molar-refractivity contribution in [3.63, 3.8) is 0 Å². The molecule has 0 unspecified atom stereocenters. The monoisotopic (exact) mass is 406 g/mol. The number of hydrogen-bond donors (Lipinski definition) is 1. The topological polar surface area (TPSA) is 98.5 Å². The number of nitrogens with one attached hydrogen (secondary N) is 1. The third-order valence-corrected chi connectivity index (χ3v) is 3.93. The first kappa shape index (κ1) is 18.6. The fourth-order valence-corrected chi connectivity index (χ4v) is 2.58. The van der Waals surface area contributed by atoms with Crippen LogP contribution in [0.4, 0.5) is 11.4 Å². The highest BCUT2D eigenvalue weighted by Gasteiger charge is 2.17. The van der Waals surface area contributed by atoms with Gasteiger partial charge in [-0.3, -0.25) is 14.9 Å². The van der Waals surface area contributed by atoms with Crippen molar-refractivity contribution in [1.82, 2.24) is 0 Å². The summed E-state index contributed by atoms with van der Waals surface area (Å²) in [4.78, 5) is 34.2. The number of carbonyl (C=O) groups excluding carboxylic acids is 2. The maximum atomic E-state index is 12.0. The van der Waals surface area contributed by atoms with E-state index in [1.165, 1.54) is 12.1 Å². The number of ether oxygens (including phenoxy) is 1. The minimum absolute atomic E-state index is 0.0184. The molecule has 2 rings (SSSR count). The first-order valence-corrected chi connectivity index (χ1v) is 8.05. The van der Waals surface area contributed by atoms with Crippen LogP contribution in [0.15, 0.2) is 40.9 Å². The largest absolute Gasteiger partial charge is 0.452 e. The van der Waals surface area contributed by atoms with Crippen molar-refractivity contribution in [3.05, 3.63) is 67.7 Å². The van der Waals surface area contributed by atoms with E-state index in [0.29, 0.717) is 11.3 Å². The van der Waals surface area contributed by atoms with Crippen LogP contribution >= 0.6 is 15.9 Å². The van der Waals surface area contributed by atoms with Crippen LogP contribution in [0.25, 0.3) is 0 Å². The van der Waals surface area contributed by atoms with Gasteiger partial charge in [0.25, 0.3) is 11.6 Å². The zero-order chi connectivity index (χ0) is 18.6. The number of benzene rings is 2. The summed E-state index contributed by atoms with van der Waals surface area (Å²) in [5, 5.41) is 13.5. The summed E-state index contributed by atoms with van der Waals surface area (Å²) in [6.45, 7) is 2.91. The van der Waals surface area contributed by atoms with Crippen LogP contribution in [-0.4, -0.2) is 23.4 Å². The number of nitro benzene ring substituents is 1. The Morgan fingerprint density at radius 3 is 2.52 bits per heavy atom. The fourth-order valence-electron chi connectivity index (χ4n) is 2.10. The summed E-state index contributed by atoms with van der Waals surface area (Å²) in [5.41, 5.74) is 1.73. The maximum absolute atomic E-state index is 12.0. The predicted molar refractivity (Wildman–Crippen MR) is 95.6 cm³/mol. The average Bonchev–Trinajstić information content (AvgIpc) is 2.55. The molecule has 0 aliphatic rings. The first-order valence-electron chi connectivity index (χ1n) is 7.26. The number of hydrogen-bond acceptors (Lipinski definition) is 5. The second kappa shape index (κ2) is 7.89. The number of carbonyl (C=O) groups is 2. The summed E-state index contributed by atoms with van der Waals surface area (Å²) >= 11 is 3.33. The van der Waals surface area contributed by atoms with E-state index < -0.39 is 23.4 Å². The quantitative estimate of drug-likeness (QED) is 0.462. The van der Waals surface area contributed by atoms with Crippen molar-refractivity contribution in [2.75, 3.05) is 11.9 Å². The van der Waals surface area contributed by atoms with Gasteiger partial charge < -0.3 is 10.1 Å². The van der Waals surface area contributed by atoms with E-state index in [4.69, 9.17) is 4.74 Å². The number of nitrogens with zero attached hydrogens (tertiary/aromatic N) is 1. The summed E-state index contributed by atoms with van der Waals surface area (Å²) in [5.74, 6) is -1.30. The number of rotatable bonds is 5. The molecular weight excluding hydrogens is 392 g/mol. The molecule has 0 heterocycles. The molecule has 0 saturated heterocycles. The van der Waals surface area contributed by atoms with Crippen LogP contribution in [0.1, 0.15) is 21.5 Å². The molecule has 0 aliphatic carbocycles. The Morgan fingerprint density at radius 1 is 1.16 bits per heavy atom. The Hall–Kier alpha value is -2.74. The zero-order valence-corrected chi connectivity index (χ0v) is 15.1. The molecule has 8 heteroatoms. The van der Waals surface area contributed by atoms with E-state index in [1.54, 1.807) is 19.1 Å². The summed E-state index contributed by atoms with van der Waals surface area (Å²) in [7, 11) is 0. The third-order valence-electron chi connectivity index (χ3n) is 3.44. The maximum Gasteiger partial charge on any atom is 0.338 e.